The Labute approximate surface area is 128 Å². The van der Waals surface area contributed by atoms with Crippen LogP contribution in [0.15, 0.2) is 41.6 Å². The lowest BCUT2D eigenvalue weighted by molar-refractivity contribution is 0.581. The highest BCUT2D eigenvalue weighted by Gasteiger charge is 2.13. The topological polar surface area (TPSA) is 101 Å². The average Bonchev–Trinajstić information content (AvgIpc) is 2.91. The molecule has 0 amide bonds. The molecule has 0 bridgehead atoms. The van der Waals surface area contributed by atoms with Crippen LogP contribution in [0.2, 0.25) is 0 Å². The second-order valence-electron chi connectivity index (χ2n) is 4.47. The Balaban J connectivity index is 1.96. The first-order valence-electron chi connectivity index (χ1n) is 6.32. The molecule has 1 aromatic heterocycles. The quantitative estimate of drug-likeness (QED) is 0.653. The van der Waals surface area contributed by atoms with Crippen molar-refractivity contribution in [3.63, 3.8) is 0 Å². The number of hydrogen-bond acceptors (Lipinski definition) is 4. The van der Waals surface area contributed by atoms with E-state index in [9.17, 15) is 8.42 Å². The Hall–Kier alpha value is -1.77. The number of sulfonamides is 1. The molecule has 112 valence electrons. The number of aromatic nitrogens is 2. The molecule has 1 aromatic carbocycles. The van der Waals surface area contributed by atoms with Crippen molar-refractivity contribution in [2.75, 3.05) is 6.54 Å². The van der Waals surface area contributed by atoms with E-state index in [0.717, 1.165) is 11.4 Å². The summed E-state index contributed by atoms with van der Waals surface area (Å²) in [6.07, 6.45) is 4.29. The zero-order chi connectivity index (χ0) is 15.3. The van der Waals surface area contributed by atoms with Crippen molar-refractivity contribution in [1.82, 2.24) is 14.7 Å². The molecule has 0 saturated heterocycles. The molecule has 0 aliphatic heterocycles. The van der Waals surface area contributed by atoms with Gasteiger partial charge < -0.3 is 10.7 Å². The van der Waals surface area contributed by atoms with Crippen LogP contribution in [0.4, 0.5) is 0 Å². The molecule has 0 atom stereocenters. The van der Waals surface area contributed by atoms with Crippen molar-refractivity contribution in [1.29, 1.82) is 0 Å². The largest absolute Gasteiger partial charge is 0.393 e. The molecule has 0 saturated carbocycles. The van der Waals surface area contributed by atoms with Gasteiger partial charge in [0.15, 0.2) is 0 Å². The fraction of sp³-hybridized carbons (Fsp3) is 0.231. The van der Waals surface area contributed by atoms with Crippen molar-refractivity contribution in [2.24, 2.45) is 5.73 Å². The summed E-state index contributed by atoms with van der Waals surface area (Å²) in [5.41, 5.74) is 6.34. The zero-order valence-electron chi connectivity index (χ0n) is 11.2. The molecule has 1 heterocycles. The summed E-state index contributed by atoms with van der Waals surface area (Å²) in [4.78, 5) is 7.55. The van der Waals surface area contributed by atoms with Crippen LogP contribution in [0.1, 0.15) is 11.4 Å². The van der Waals surface area contributed by atoms with E-state index >= 15 is 0 Å². The fourth-order valence-corrected chi connectivity index (χ4v) is 3.01. The third kappa shape index (κ3) is 4.62. The average molecular weight is 324 g/mol. The Kier molecular flexibility index (Phi) is 5.05. The number of benzene rings is 1. The van der Waals surface area contributed by atoms with Crippen LogP contribution in [0.25, 0.3) is 0 Å². The van der Waals surface area contributed by atoms with Crippen LogP contribution in [0, 0.1) is 0 Å². The number of nitrogens with zero attached hydrogens (tertiary/aromatic N) is 1. The zero-order valence-corrected chi connectivity index (χ0v) is 12.9. The maximum atomic E-state index is 12.1. The number of hydrogen-bond donors (Lipinski definition) is 3. The van der Waals surface area contributed by atoms with Gasteiger partial charge in [0.25, 0.3) is 0 Å². The van der Waals surface area contributed by atoms with Crippen LogP contribution >= 0.6 is 12.2 Å². The van der Waals surface area contributed by atoms with E-state index in [4.69, 9.17) is 18.0 Å². The molecule has 0 fully saturated rings. The fourth-order valence-electron chi connectivity index (χ4n) is 1.81. The van der Waals surface area contributed by atoms with Gasteiger partial charge in [-0.15, -0.1) is 0 Å². The molecular weight excluding hydrogens is 308 g/mol. The number of rotatable bonds is 7. The Morgan fingerprint density at radius 3 is 2.62 bits per heavy atom. The van der Waals surface area contributed by atoms with Gasteiger partial charge in [-0.3, -0.25) is 0 Å². The summed E-state index contributed by atoms with van der Waals surface area (Å²) in [6.45, 7) is 0.282. The van der Waals surface area contributed by atoms with E-state index < -0.39 is 10.0 Å². The lowest BCUT2D eigenvalue weighted by Gasteiger charge is -2.07. The Morgan fingerprint density at radius 1 is 1.33 bits per heavy atom. The van der Waals surface area contributed by atoms with Crippen LogP contribution < -0.4 is 10.5 Å². The second kappa shape index (κ2) is 6.79. The monoisotopic (exact) mass is 324 g/mol. The van der Waals surface area contributed by atoms with E-state index in [-0.39, 0.29) is 11.4 Å². The van der Waals surface area contributed by atoms with Crippen molar-refractivity contribution >= 4 is 27.2 Å². The molecule has 21 heavy (non-hydrogen) atoms. The summed E-state index contributed by atoms with van der Waals surface area (Å²) in [5.74, 6) is 0.740. The van der Waals surface area contributed by atoms with Gasteiger partial charge in [0.05, 0.1) is 9.88 Å². The highest BCUT2D eigenvalue weighted by atomic mass is 32.2. The van der Waals surface area contributed by atoms with Gasteiger partial charge in [0, 0.05) is 31.8 Å². The predicted octanol–water partition coefficient (Wildman–Crippen LogP) is 0.759. The van der Waals surface area contributed by atoms with Crippen LogP contribution in [0.5, 0.6) is 0 Å². The van der Waals surface area contributed by atoms with Gasteiger partial charge in [-0.25, -0.2) is 18.1 Å². The van der Waals surface area contributed by atoms with E-state index in [1.165, 1.54) is 0 Å². The summed E-state index contributed by atoms with van der Waals surface area (Å²) in [5, 5.41) is 0. The van der Waals surface area contributed by atoms with Gasteiger partial charge >= 0.3 is 0 Å². The number of imidazole rings is 1. The standard InChI is InChI=1S/C13H16N4O2S2/c14-12(20)9-10-1-3-11(4-2-10)21(18,19)17-6-5-13-15-7-8-16-13/h1-4,7-8,17H,5-6,9H2,(H2,14,20)(H,15,16). The normalized spacial score (nSPS) is 11.4. The number of H-pyrrole nitrogens is 1. The van der Waals surface area contributed by atoms with Crippen LogP contribution in [0.3, 0.4) is 0 Å². The van der Waals surface area contributed by atoms with Gasteiger partial charge in [0.2, 0.25) is 10.0 Å². The third-order valence-electron chi connectivity index (χ3n) is 2.82. The van der Waals surface area contributed by atoms with Crippen LogP contribution in [-0.2, 0) is 22.9 Å². The molecule has 4 N–H and O–H groups in total. The highest BCUT2D eigenvalue weighted by molar-refractivity contribution is 7.89. The maximum Gasteiger partial charge on any atom is 0.240 e. The van der Waals surface area contributed by atoms with Crippen molar-refractivity contribution in [2.45, 2.75) is 17.7 Å². The van der Waals surface area contributed by atoms with Gasteiger partial charge in [-0.1, -0.05) is 24.4 Å². The minimum Gasteiger partial charge on any atom is -0.393 e. The molecule has 8 heteroatoms. The first-order chi connectivity index (χ1) is 9.97. The van der Waals surface area contributed by atoms with E-state index in [0.29, 0.717) is 17.8 Å². The van der Waals surface area contributed by atoms with Gasteiger partial charge in [0.1, 0.15) is 5.82 Å². The van der Waals surface area contributed by atoms with Crippen LogP contribution in [-0.4, -0.2) is 29.9 Å². The third-order valence-corrected chi connectivity index (χ3v) is 4.44. The SMILES string of the molecule is NC(=S)Cc1ccc(S(=O)(=O)NCCc2ncc[nH]2)cc1. The molecule has 0 spiro atoms. The molecule has 6 nitrogen and oxygen atoms in total. The lowest BCUT2D eigenvalue weighted by Crippen LogP contribution is -2.26. The minimum atomic E-state index is -3.51. The molecule has 2 rings (SSSR count). The van der Waals surface area contributed by atoms with Crippen molar-refractivity contribution in [3.8, 4) is 0 Å². The first-order valence-corrected chi connectivity index (χ1v) is 8.22. The van der Waals surface area contributed by atoms with Gasteiger partial charge in [-0.2, -0.15) is 0 Å². The smallest absolute Gasteiger partial charge is 0.240 e. The molecule has 0 radical (unpaired) electrons. The van der Waals surface area contributed by atoms with E-state index in [1.807, 2.05) is 0 Å². The molecule has 2 aromatic rings. The number of nitrogens with one attached hydrogen (secondary N) is 2. The molecular formula is C13H16N4O2S2. The number of aromatic amines is 1. The van der Waals surface area contributed by atoms with E-state index in [1.54, 1.807) is 36.7 Å². The van der Waals surface area contributed by atoms with Crippen molar-refractivity contribution < 1.29 is 8.42 Å². The first kappa shape index (κ1) is 15.6. The molecule has 0 unspecified atom stereocenters. The Morgan fingerprint density at radius 2 is 2.05 bits per heavy atom. The lowest BCUT2D eigenvalue weighted by atomic mass is 10.1. The predicted molar refractivity (Wildman–Crippen MR) is 84.4 cm³/mol. The number of nitrogens with two attached hydrogens (primary N) is 1. The summed E-state index contributed by atoms with van der Waals surface area (Å²) in [6, 6.07) is 6.51. The Bertz CT molecular complexity index is 694. The summed E-state index contributed by atoms with van der Waals surface area (Å²) >= 11 is 4.82. The highest BCUT2D eigenvalue weighted by Crippen LogP contribution is 2.11. The number of thiocarbonyl (C=S) groups is 1. The molecule has 0 aliphatic carbocycles. The summed E-state index contributed by atoms with van der Waals surface area (Å²) < 4.78 is 26.7. The second-order valence-corrected chi connectivity index (χ2v) is 6.76. The van der Waals surface area contributed by atoms with Gasteiger partial charge in [-0.05, 0) is 17.7 Å². The summed E-state index contributed by atoms with van der Waals surface area (Å²) in [7, 11) is -3.51. The van der Waals surface area contributed by atoms with Crippen molar-refractivity contribution in [3.05, 3.63) is 48.0 Å². The van der Waals surface area contributed by atoms with E-state index in [2.05, 4.69) is 14.7 Å². The maximum absolute atomic E-state index is 12.1. The minimum absolute atomic E-state index is 0.216. The molecule has 0 aliphatic rings.